The molecule has 0 fully saturated rings. The van der Waals surface area contributed by atoms with Crippen molar-refractivity contribution in [1.29, 1.82) is 0 Å². The summed E-state index contributed by atoms with van der Waals surface area (Å²) in [5.74, 6) is -0.376. The maximum Gasteiger partial charge on any atom is 0.316 e. The van der Waals surface area contributed by atoms with Crippen LogP contribution in [0.3, 0.4) is 0 Å². The smallest absolute Gasteiger partial charge is 0.316 e. The van der Waals surface area contributed by atoms with Crippen molar-refractivity contribution in [2.75, 3.05) is 25.0 Å². The highest BCUT2D eigenvalue weighted by Crippen LogP contribution is 2.45. The molecule has 0 unspecified atom stereocenters. The van der Waals surface area contributed by atoms with Crippen LogP contribution in [0.1, 0.15) is 67.9 Å². The summed E-state index contributed by atoms with van der Waals surface area (Å²) in [5.41, 5.74) is 11.0. The Kier molecular flexibility index (Phi) is 10.6. The minimum atomic E-state index is -3.88. The van der Waals surface area contributed by atoms with Gasteiger partial charge in [-0.1, -0.05) is 62.4 Å². The number of aryl methyl sites for hydroxylation is 3. The minimum absolute atomic E-state index is 0.133. The number of nitrogens with zero attached hydrogens (tertiary/aromatic N) is 6. The lowest BCUT2D eigenvalue weighted by atomic mass is 9.69. The van der Waals surface area contributed by atoms with Crippen molar-refractivity contribution in [3.05, 3.63) is 94.8 Å². The summed E-state index contributed by atoms with van der Waals surface area (Å²) in [6.07, 6.45) is 3.33. The zero-order valence-corrected chi connectivity index (χ0v) is 31.3. The third kappa shape index (κ3) is 7.10. The lowest BCUT2D eigenvalue weighted by Gasteiger charge is -2.35. The van der Waals surface area contributed by atoms with Gasteiger partial charge in [0.25, 0.3) is 0 Å². The van der Waals surface area contributed by atoms with Crippen LogP contribution in [0, 0.1) is 19.3 Å². The summed E-state index contributed by atoms with van der Waals surface area (Å²) >= 11 is 0. The number of ether oxygens (including phenoxy) is 2. The summed E-state index contributed by atoms with van der Waals surface area (Å²) in [7, 11) is -3.88. The van der Waals surface area contributed by atoms with Crippen LogP contribution in [0.25, 0.3) is 11.0 Å². The van der Waals surface area contributed by atoms with Crippen molar-refractivity contribution in [3.63, 3.8) is 0 Å². The standard InChI is InChI=1S/C38H46N8O5S/c1-7-29-23-45(52(48,49)33-12-10-9-11-32(33)51-29)22-27-19-26(14-13-24(27)3)34(30-15-16-31-35(25(30)4)43-44-46(31)8-2)38(5,6)36(47)42-28-20-40-37(41-21-28)50-18-17-39/h9-16,19-21,29,34H,7-8,17-18,22-23,39H2,1-6H3,(H,42,47)/t29-,34+/m1/s1. The highest BCUT2D eigenvalue weighted by Gasteiger charge is 2.41. The first-order chi connectivity index (χ1) is 24.9. The van der Waals surface area contributed by atoms with Crippen LogP contribution in [0.15, 0.2) is 71.9 Å². The fraction of sp³-hybridized carbons (Fsp3) is 0.395. The van der Waals surface area contributed by atoms with E-state index < -0.39 is 21.4 Å². The summed E-state index contributed by atoms with van der Waals surface area (Å²) in [6.45, 7) is 13.4. The van der Waals surface area contributed by atoms with E-state index in [2.05, 4.69) is 25.6 Å². The lowest BCUT2D eigenvalue weighted by Crippen LogP contribution is -2.38. The fourth-order valence-electron chi connectivity index (χ4n) is 6.78. The topological polar surface area (TPSA) is 167 Å². The van der Waals surface area contributed by atoms with Gasteiger partial charge >= 0.3 is 6.01 Å². The Morgan fingerprint density at radius 1 is 1.10 bits per heavy atom. The second-order valence-corrected chi connectivity index (χ2v) is 15.5. The van der Waals surface area contributed by atoms with Crippen LogP contribution >= 0.6 is 0 Å². The molecule has 2 aromatic heterocycles. The Balaban J connectivity index is 1.42. The predicted molar refractivity (Wildman–Crippen MR) is 199 cm³/mol. The molecule has 0 saturated carbocycles. The molecule has 3 N–H and O–H groups in total. The lowest BCUT2D eigenvalue weighted by molar-refractivity contribution is -0.124. The molecule has 6 rings (SSSR count). The number of anilines is 1. The van der Waals surface area contributed by atoms with Crippen molar-refractivity contribution >= 4 is 32.7 Å². The van der Waals surface area contributed by atoms with Crippen LogP contribution in [0.5, 0.6) is 11.8 Å². The summed E-state index contributed by atoms with van der Waals surface area (Å²) in [5, 5.41) is 11.9. The Labute approximate surface area is 304 Å². The fourth-order valence-corrected chi connectivity index (χ4v) is 8.35. The zero-order valence-electron chi connectivity index (χ0n) is 30.5. The Morgan fingerprint density at radius 2 is 1.85 bits per heavy atom. The predicted octanol–water partition coefficient (Wildman–Crippen LogP) is 5.35. The molecule has 274 valence electrons. The third-order valence-corrected chi connectivity index (χ3v) is 11.7. The van der Waals surface area contributed by atoms with Gasteiger partial charge in [-0.05, 0) is 73.2 Å². The molecular weight excluding hydrogens is 681 g/mol. The van der Waals surface area contributed by atoms with Crippen molar-refractivity contribution in [2.24, 2.45) is 11.1 Å². The van der Waals surface area contributed by atoms with Gasteiger partial charge in [0.2, 0.25) is 15.9 Å². The van der Waals surface area contributed by atoms with Crippen LogP contribution < -0.4 is 20.5 Å². The molecule has 14 heteroatoms. The molecule has 0 radical (unpaired) electrons. The number of carbonyl (C=O) groups is 1. The van der Waals surface area contributed by atoms with Gasteiger partial charge in [0, 0.05) is 25.6 Å². The monoisotopic (exact) mass is 726 g/mol. The number of hydrogen-bond donors (Lipinski definition) is 2. The van der Waals surface area contributed by atoms with Crippen LogP contribution in [-0.2, 0) is 27.9 Å². The number of benzene rings is 3. The van der Waals surface area contributed by atoms with Gasteiger partial charge in [-0.15, -0.1) is 5.10 Å². The normalized spacial score (nSPS) is 16.5. The number of amides is 1. The van der Waals surface area contributed by atoms with E-state index in [4.69, 9.17) is 15.2 Å². The molecule has 0 aliphatic carbocycles. The van der Waals surface area contributed by atoms with Crippen molar-refractivity contribution in [3.8, 4) is 11.8 Å². The summed E-state index contributed by atoms with van der Waals surface area (Å²) in [4.78, 5) is 22.9. The van der Waals surface area contributed by atoms with E-state index in [-0.39, 0.29) is 42.6 Å². The molecule has 52 heavy (non-hydrogen) atoms. The molecular formula is C38H46N8O5S. The van der Waals surface area contributed by atoms with Gasteiger partial charge in [0.1, 0.15) is 28.9 Å². The van der Waals surface area contributed by atoms with E-state index in [1.54, 1.807) is 24.3 Å². The molecule has 5 aromatic rings. The molecule has 1 aliphatic rings. The average Bonchev–Trinajstić information content (AvgIpc) is 3.52. The van der Waals surface area contributed by atoms with Gasteiger partial charge in [0.15, 0.2) is 0 Å². The van der Waals surface area contributed by atoms with Crippen molar-refractivity contribution in [1.82, 2.24) is 29.3 Å². The maximum atomic E-state index is 14.3. The highest BCUT2D eigenvalue weighted by molar-refractivity contribution is 7.89. The molecule has 3 heterocycles. The molecule has 13 nitrogen and oxygen atoms in total. The van der Waals surface area contributed by atoms with Gasteiger partial charge in [0.05, 0.1) is 35.6 Å². The van der Waals surface area contributed by atoms with Crippen LogP contribution in [0.2, 0.25) is 0 Å². The molecule has 0 saturated heterocycles. The Hall–Kier alpha value is -4.92. The van der Waals surface area contributed by atoms with E-state index in [9.17, 15) is 13.2 Å². The van der Waals surface area contributed by atoms with Crippen molar-refractivity contribution < 1.29 is 22.7 Å². The number of nitrogens with two attached hydrogens (primary N) is 1. The number of aromatic nitrogens is 5. The largest absolute Gasteiger partial charge is 0.488 e. The van der Waals surface area contributed by atoms with Gasteiger partial charge in [-0.3, -0.25) is 4.79 Å². The molecule has 2 atom stereocenters. The van der Waals surface area contributed by atoms with E-state index in [0.717, 1.165) is 38.9 Å². The Morgan fingerprint density at radius 3 is 2.56 bits per heavy atom. The molecule has 1 aliphatic heterocycles. The summed E-state index contributed by atoms with van der Waals surface area (Å²) < 4.78 is 43.1. The van der Waals surface area contributed by atoms with Crippen molar-refractivity contribution in [2.45, 2.75) is 78.0 Å². The number of carbonyl (C=O) groups excluding carboxylic acids is 1. The first-order valence-electron chi connectivity index (χ1n) is 17.5. The first-order valence-corrected chi connectivity index (χ1v) is 19.0. The second kappa shape index (κ2) is 15.0. The quantitative estimate of drug-likeness (QED) is 0.171. The van der Waals surface area contributed by atoms with Gasteiger partial charge in [-0.25, -0.2) is 23.1 Å². The molecule has 1 amide bonds. The highest BCUT2D eigenvalue weighted by atomic mass is 32.2. The number of para-hydroxylation sites is 1. The van der Waals surface area contributed by atoms with E-state index in [1.165, 1.54) is 16.7 Å². The van der Waals surface area contributed by atoms with E-state index in [1.807, 2.05) is 76.6 Å². The number of sulfonamides is 1. The first kappa shape index (κ1) is 36.9. The summed E-state index contributed by atoms with van der Waals surface area (Å²) in [6, 6.07) is 17.0. The Bertz CT molecular complexity index is 2190. The average molecular weight is 727 g/mol. The molecule has 0 spiro atoms. The number of hydrogen-bond acceptors (Lipinski definition) is 10. The van der Waals surface area contributed by atoms with E-state index in [0.29, 0.717) is 30.9 Å². The minimum Gasteiger partial charge on any atom is -0.488 e. The molecule has 3 aromatic carbocycles. The number of rotatable bonds is 12. The third-order valence-electron chi connectivity index (χ3n) is 9.81. The van der Waals surface area contributed by atoms with Gasteiger partial charge in [-0.2, -0.15) is 4.31 Å². The second-order valence-electron chi connectivity index (χ2n) is 13.6. The molecule has 0 bridgehead atoms. The number of nitrogens with one attached hydrogen (secondary N) is 1. The van der Waals surface area contributed by atoms with Gasteiger partial charge < -0.3 is 20.5 Å². The van der Waals surface area contributed by atoms with Crippen LogP contribution in [-0.4, -0.2) is 69.4 Å². The van der Waals surface area contributed by atoms with Crippen LogP contribution in [0.4, 0.5) is 5.69 Å². The van der Waals surface area contributed by atoms with E-state index >= 15 is 0 Å². The maximum absolute atomic E-state index is 14.3. The zero-order chi connectivity index (χ0) is 37.2. The SMILES string of the molecule is CC[C@@H]1CN(Cc2cc([C@@H](c3ccc4c(nnn4CC)c3C)C(C)(C)C(=O)Nc3cnc(OCCN)nc3)ccc2C)S(=O)(=O)c2ccccc2O1. The number of fused-ring (bicyclic) bond motifs is 2.